The summed E-state index contributed by atoms with van der Waals surface area (Å²) in [6.45, 7) is 0. The quantitative estimate of drug-likeness (QED) is 0.168. The summed E-state index contributed by atoms with van der Waals surface area (Å²) in [7, 11) is 0. The number of fused-ring (bicyclic) bond motifs is 7. The van der Waals surface area contributed by atoms with Crippen molar-refractivity contribution in [2.75, 3.05) is 4.90 Å². The van der Waals surface area contributed by atoms with Crippen LogP contribution < -0.4 is 4.90 Å². The molecule has 9 aromatic carbocycles. The molecule has 0 atom stereocenters. The first-order valence-corrected chi connectivity index (χ1v) is 19.0. The molecule has 0 amide bonds. The number of anilines is 3. The van der Waals surface area contributed by atoms with Crippen LogP contribution in [0.1, 0.15) is 22.3 Å². The van der Waals surface area contributed by atoms with Crippen LogP contribution in [0.15, 0.2) is 218 Å². The maximum absolute atomic E-state index is 2.47. The monoisotopic (exact) mass is 700 g/mol. The maximum Gasteiger partial charge on any atom is 0.0714 e. The van der Waals surface area contributed by atoms with Crippen molar-refractivity contribution in [3.05, 3.63) is 241 Å². The fourth-order valence-corrected chi connectivity index (χ4v) is 9.36. The van der Waals surface area contributed by atoms with Gasteiger partial charge >= 0.3 is 0 Å². The van der Waals surface area contributed by atoms with Crippen molar-refractivity contribution in [1.29, 1.82) is 0 Å². The predicted octanol–water partition coefficient (Wildman–Crippen LogP) is 13.8. The van der Waals surface area contributed by atoms with E-state index in [1.807, 2.05) is 0 Å². The van der Waals surface area contributed by atoms with Crippen molar-refractivity contribution in [2.24, 2.45) is 0 Å². The van der Waals surface area contributed by atoms with Crippen LogP contribution >= 0.6 is 0 Å². The molecule has 55 heavy (non-hydrogen) atoms. The van der Waals surface area contributed by atoms with Crippen LogP contribution in [-0.4, -0.2) is 4.57 Å². The van der Waals surface area contributed by atoms with Gasteiger partial charge in [-0.05, 0) is 87.3 Å². The Balaban J connectivity index is 1.22. The molecule has 2 nitrogen and oxygen atoms in total. The highest BCUT2D eigenvalue weighted by Gasteiger charge is 2.46. The highest BCUT2D eigenvalue weighted by Crippen LogP contribution is 2.57. The second-order valence-electron chi connectivity index (χ2n) is 14.5. The highest BCUT2D eigenvalue weighted by atomic mass is 15.1. The van der Waals surface area contributed by atoms with Gasteiger partial charge in [0.15, 0.2) is 0 Å². The molecule has 0 aliphatic heterocycles. The molecule has 0 fully saturated rings. The number of hydrogen-bond acceptors (Lipinski definition) is 1. The number of hydrogen-bond donors (Lipinski definition) is 0. The fraction of sp³-hybridized carbons (Fsp3) is 0.0189. The fourth-order valence-electron chi connectivity index (χ4n) is 9.36. The minimum atomic E-state index is -0.501. The number of para-hydroxylation sites is 2. The molecular weight excluding hydrogens is 665 g/mol. The summed E-state index contributed by atoms with van der Waals surface area (Å²) in [6.07, 6.45) is 0. The summed E-state index contributed by atoms with van der Waals surface area (Å²) in [5.74, 6) is 0. The summed E-state index contributed by atoms with van der Waals surface area (Å²) in [5.41, 5.74) is 14.0. The van der Waals surface area contributed by atoms with Crippen LogP contribution in [0.3, 0.4) is 0 Å². The molecule has 1 aromatic heterocycles. The summed E-state index contributed by atoms with van der Waals surface area (Å²) >= 11 is 0. The second kappa shape index (κ2) is 12.5. The van der Waals surface area contributed by atoms with Crippen molar-refractivity contribution < 1.29 is 0 Å². The third kappa shape index (κ3) is 4.68. The van der Waals surface area contributed by atoms with Gasteiger partial charge in [0, 0.05) is 33.2 Å². The molecule has 1 aliphatic carbocycles. The molecule has 2 heteroatoms. The molecule has 0 N–H and O–H groups in total. The number of aromatic nitrogens is 1. The van der Waals surface area contributed by atoms with E-state index in [1.54, 1.807) is 0 Å². The molecule has 11 rings (SSSR count). The van der Waals surface area contributed by atoms with Crippen LogP contribution in [0.25, 0.3) is 49.4 Å². The molecule has 1 aliphatic rings. The zero-order valence-electron chi connectivity index (χ0n) is 30.2. The van der Waals surface area contributed by atoms with Gasteiger partial charge in [0.05, 0.1) is 22.1 Å². The van der Waals surface area contributed by atoms with Crippen LogP contribution in [0.4, 0.5) is 17.1 Å². The van der Waals surface area contributed by atoms with Gasteiger partial charge in [0.1, 0.15) is 0 Å². The van der Waals surface area contributed by atoms with Gasteiger partial charge in [-0.15, -0.1) is 0 Å². The molecule has 1 heterocycles. The first-order valence-electron chi connectivity index (χ1n) is 19.0. The van der Waals surface area contributed by atoms with Gasteiger partial charge in [0.2, 0.25) is 0 Å². The van der Waals surface area contributed by atoms with Gasteiger partial charge in [-0.2, -0.15) is 0 Å². The van der Waals surface area contributed by atoms with Crippen LogP contribution in [0.5, 0.6) is 0 Å². The van der Waals surface area contributed by atoms with Crippen molar-refractivity contribution >= 4 is 49.6 Å². The summed E-state index contributed by atoms with van der Waals surface area (Å²) in [6, 6.07) is 80.1. The third-order valence-corrected chi connectivity index (χ3v) is 11.6. The van der Waals surface area contributed by atoms with E-state index in [9.17, 15) is 0 Å². The summed E-state index contributed by atoms with van der Waals surface area (Å²) in [4.78, 5) is 2.47. The Morgan fingerprint density at radius 3 is 1.71 bits per heavy atom. The average Bonchev–Trinajstić information content (AvgIpc) is 3.75. The predicted molar refractivity (Wildman–Crippen MR) is 230 cm³/mol. The Labute approximate surface area is 320 Å². The van der Waals surface area contributed by atoms with Gasteiger partial charge in [0.25, 0.3) is 0 Å². The molecule has 0 saturated carbocycles. The molecule has 0 saturated heterocycles. The average molecular weight is 701 g/mol. The normalized spacial score (nSPS) is 12.9. The van der Waals surface area contributed by atoms with Gasteiger partial charge in [-0.3, -0.25) is 0 Å². The number of rotatable bonds is 6. The minimum Gasteiger partial charge on any atom is -0.310 e. The standard InChI is InChI=1S/C53H36N2/c1-4-19-38(20-5-1)53(39-21-6-2-7-22-39)48-28-14-12-26-44(48)45-33-31-41(35-49(45)53)54(50-30-16-18-37-17-10-11-25-43(37)50)42-32-34-47-46-27-13-15-29-51(46)55(52(47)36-42)40-23-8-3-9-24-40/h1-36H. The van der Waals surface area contributed by atoms with Crippen LogP contribution in [0.2, 0.25) is 0 Å². The largest absolute Gasteiger partial charge is 0.310 e. The van der Waals surface area contributed by atoms with E-state index >= 15 is 0 Å². The smallest absolute Gasteiger partial charge is 0.0714 e. The Hall–Kier alpha value is -7.16. The lowest BCUT2D eigenvalue weighted by Crippen LogP contribution is -2.28. The van der Waals surface area contributed by atoms with Crippen LogP contribution in [-0.2, 0) is 5.41 Å². The van der Waals surface area contributed by atoms with E-state index in [0.29, 0.717) is 0 Å². The van der Waals surface area contributed by atoms with Gasteiger partial charge < -0.3 is 9.47 Å². The van der Waals surface area contributed by atoms with Crippen molar-refractivity contribution in [2.45, 2.75) is 5.41 Å². The molecule has 0 bridgehead atoms. The van der Waals surface area contributed by atoms with E-state index in [4.69, 9.17) is 0 Å². The van der Waals surface area contributed by atoms with Crippen molar-refractivity contribution in [3.8, 4) is 16.8 Å². The Kier molecular flexibility index (Phi) is 7.11. The van der Waals surface area contributed by atoms with E-state index in [2.05, 4.69) is 228 Å². The van der Waals surface area contributed by atoms with E-state index < -0.39 is 5.41 Å². The summed E-state index contributed by atoms with van der Waals surface area (Å²) in [5, 5.41) is 4.89. The highest BCUT2D eigenvalue weighted by molar-refractivity contribution is 6.11. The first kappa shape index (κ1) is 31.4. The number of benzene rings is 9. The van der Waals surface area contributed by atoms with E-state index in [0.717, 1.165) is 22.7 Å². The molecule has 258 valence electrons. The second-order valence-corrected chi connectivity index (χ2v) is 14.5. The molecular formula is C53H36N2. The lowest BCUT2D eigenvalue weighted by molar-refractivity contribution is 0.768. The lowest BCUT2D eigenvalue weighted by Gasteiger charge is -2.35. The Morgan fingerprint density at radius 2 is 0.927 bits per heavy atom. The SMILES string of the molecule is c1ccc(-n2c3ccccc3c3ccc(N(c4ccc5c(c4)C(c4ccccc4)(c4ccccc4)c4ccccc4-5)c4cccc5ccccc45)cc32)cc1. The first-order chi connectivity index (χ1) is 27.3. The molecule has 0 radical (unpaired) electrons. The lowest BCUT2D eigenvalue weighted by atomic mass is 9.67. The van der Waals surface area contributed by atoms with Crippen molar-refractivity contribution in [3.63, 3.8) is 0 Å². The minimum absolute atomic E-state index is 0.501. The topological polar surface area (TPSA) is 8.17 Å². The van der Waals surface area contributed by atoms with E-state index in [1.165, 1.54) is 66.0 Å². The van der Waals surface area contributed by atoms with Gasteiger partial charge in [-0.1, -0.05) is 170 Å². The van der Waals surface area contributed by atoms with Gasteiger partial charge in [-0.25, -0.2) is 0 Å². The number of nitrogens with zero attached hydrogens (tertiary/aromatic N) is 2. The van der Waals surface area contributed by atoms with E-state index in [-0.39, 0.29) is 0 Å². The Morgan fingerprint density at radius 1 is 0.364 bits per heavy atom. The molecule has 0 spiro atoms. The summed E-state index contributed by atoms with van der Waals surface area (Å²) < 4.78 is 2.41. The maximum atomic E-state index is 2.47. The molecule has 10 aromatic rings. The zero-order valence-corrected chi connectivity index (χ0v) is 30.2. The van der Waals surface area contributed by atoms with Crippen molar-refractivity contribution in [1.82, 2.24) is 4.57 Å². The zero-order chi connectivity index (χ0) is 36.3. The molecule has 0 unspecified atom stereocenters. The third-order valence-electron chi connectivity index (χ3n) is 11.6. The Bertz CT molecular complexity index is 2990. The van der Waals surface area contributed by atoms with Crippen LogP contribution in [0, 0.1) is 0 Å².